The average Bonchev–Trinajstić information content (AvgIpc) is 3.06. The molecule has 6 nitrogen and oxygen atoms in total. The Morgan fingerprint density at radius 1 is 1.27 bits per heavy atom. The van der Waals surface area contributed by atoms with E-state index in [0.717, 1.165) is 16.6 Å². The normalized spacial score (nSPS) is 15.7. The molecule has 0 amide bonds. The minimum Gasteiger partial charge on any atom is -0.354 e. The maximum atomic E-state index is 4.57. The van der Waals surface area contributed by atoms with Crippen LogP contribution in [0, 0.1) is 0 Å². The maximum absolute atomic E-state index is 4.57. The maximum Gasteiger partial charge on any atom is 0.203 e. The van der Waals surface area contributed by atoms with Crippen LogP contribution >= 0.6 is 11.5 Å². The van der Waals surface area contributed by atoms with E-state index in [1.54, 1.807) is 11.0 Å². The smallest absolute Gasteiger partial charge is 0.203 e. The van der Waals surface area contributed by atoms with Gasteiger partial charge in [-0.05, 0) is 37.5 Å². The number of nitrogens with one attached hydrogen (secondary N) is 1. The molecule has 1 aromatic carbocycles. The Morgan fingerprint density at radius 2 is 2.09 bits per heavy atom. The van der Waals surface area contributed by atoms with E-state index in [4.69, 9.17) is 0 Å². The standard InChI is InChI=1S/C15H16N6S/c1-10(18-15-19-14(20-22-15)12-2-3-12)11-4-6-13(7-5-11)21-9-16-8-17-21/h4-10,12H,2-3H2,1H3,(H,18,19,20). The fourth-order valence-electron chi connectivity index (χ4n) is 2.33. The highest BCUT2D eigenvalue weighted by Gasteiger charge is 2.27. The van der Waals surface area contributed by atoms with Crippen LogP contribution in [0.1, 0.15) is 43.1 Å². The summed E-state index contributed by atoms with van der Waals surface area (Å²) in [7, 11) is 0. The highest BCUT2D eigenvalue weighted by atomic mass is 32.1. The molecule has 1 unspecified atom stereocenters. The van der Waals surface area contributed by atoms with Gasteiger partial charge < -0.3 is 5.32 Å². The Bertz CT molecular complexity index is 745. The quantitative estimate of drug-likeness (QED) is 0.783. The average molecular weight is 312 g/mol. The fraction of sp³-hybridized carbons (Fsp3) is 0.333. The third kappa shape index (κ3) is 2.71. The van der Waals surface area contributed by atoms with E-state index in [9.17, 15) is 0 Å². The van der Waals surface area contributed by atoms with E-state index in [1.807, 2.05) is 12.1 Å². The Kier molecular flexibility index (Phi) is 3.34. The summed E-state index contributed by atoms with van der Waals surface area (Å²) in [6, 6.07) is 8.45. The first-order chi connectivity index (χ1) is 10.8. The number of anilines is 1. The highest BCUT2D eigenvalue weighted by molar-refractivity contribution is 7.09. The van der Waals surface area contributed by atoms with Crippen LogP contribution in [-0.2, 0) is 0 Å². The molecule has 0 aliphatic heterocycles. The molecule has 112 valence electrons. The topological polar surface area (TPSA) is 68.5 Å². The van der Waals surface area contributed by atoms with Gasteiger partial charge in [0.15, 0.2) is 0 Å². The summed E-state index contributed by atoms with van der Waals surface area (Å²) in [5.41, 5.74) is 2.20. The Labute approximate surface area is 132 Å². The molecule has 1 aliphatic carbocycles. The van der Waals surface area contributed by atoms with Crippen molar-refractivity contribution >= 4 is 16.7 Å². The van der Waals surface area contributed by atoms with E-state index < -0.39 is 0 Å². The zero-order valence-corrected chi connectivity index (χ0v) is 13.0. The number of nitrogens with zero attached hydrogens (tertiary/aromatic N) is 5. The Morgan fingerprint density at radius 3 is 2.77 bits per heavy atom. The summed E-state index contributed by atoms with van der Waals surface area (Å²) in [5, 5.41) is 8.45. The van der Waals surface area contributed by atoms with Gasteiger partial charge in [0.1, 0.15) is 18.5 Å². The van der Waals surface area contributed by atoms with Gasteiger partial charge in [-0.15, -0.1) is 0 Å². The number of aromatic nitrogens is 5. The third-order valence-electron chi connectivity index (χ3n) is 3.80. The van der Waals surface area contributed by atoms with Crippen molar-refractivity contribution in [2.45, 2.75) is 31.7 Å². The molecule has 4 rings (SSSR count). The van der Waals surface area contributed by atoms with Gasteiger partial charge in [-0.25, -0.2) is 14.6 Å². The fourth-order valence-corrected chi connectivity index (χ4v) is 3.06. The molecule has 0 spiro atoms. The molecule has 0 radical (unpaired) electrons. The Balaban J connectivity index is 1.46. The molecule has 2 heterocycles. The van der Waals surface area contributed by atoms with Gasteiger partial charge in [0.2, 0.25) is 5.13 Å². The molecule has 2 aromatic heterocycles. The zero-order valence-electron chi connectivity index (χ0n) is 12.2. The Hall–Kier alpha value is -2.28. The summed E-state index contributed by atoms with van der Waals surface area (Å²) in [4.78, 5) is 8.53. The van der Waals surface area contributed by atoms with Gasteiger partial charge in [-0.1, -0.05) is 12.1 Å². The first-order valence-corrected chi connectivity index (χ1v) is 8.12. The van der Waals surface area contributed by atoms with E-state index in [2.05, 4.69) is 43.8 Å². The summed E-state index contributed by atoms with van der Waals surface area (Å²) in [5.74, 6) is 1.60. The van der Waals surface area contributed by atoms with Gasteiger partial charge in [0.25, 0.3) is 0 Å². The zero-order chi connectivity index (χ0) is 14.9. The summed E-state index contributed by atoms with van der Waals surface area (Å²) in [6.07, 6.45) is 5.69. The van der Waals surface area contributed by atoms with Crippen LogP contribution in [0.5, 0.6) is 0 Å². The number of rotatable bonds is 5. The molecule has 0 bridgehead atoms. The summed E-state index contributed by atoms with van der Waals surface area (Å²) < 4.78 is 6.17. The number of benzene rings is 1. The molecule has 22 heavy (non-hydrogen) atoms. The van der Waals surface area contributed by atoms with Crippen molar-refractivity contribution in [1.29, 1.82) is 0 Å². The molecule has 1 aliphatic rings. The second kappa shape index (κ2) is 5.49. The van der Waals surface area contributed by atoms with Crippen LogP contribution < -0.4 is 5.32 Å². The molecule has 0 saturated heterocycles. The van der Waals surface area contributed by atoms with Crippen molar-refractivity contribution < 1.29 is 0 Å². The van der Waals surface area contributed by atoms with Gasteiger partial charge >= 0.3 is 0 Å². The third-order valence-corrected chi connectivity index (χ3v) is 4.46. The lowest BCUT2D eigenvalue weighted by molar-refractivity contribution is 0.859. The lowest BCUT2D eigenvalue weighted by atomic mass is 10.1. The predicted molar refractivity (Wildman–Crippen MR) is 85.3 cm³/mol. The van der Waals surface area contributed by atoms with E-state index in [0.29, 0.717) is 5.92 Å². The van der Waals surface area contributed by atoms with Crippen LogP contribution in [0.3, 0.4) is 0 Å². The van der Waals surface area contributed by atoms with Crippen LogP contribution in [0.2, 0.25) is 0 Å². The molecule has 7 heteroatoms. The first kappa shape index (κ1) is 13.4. The molecule has 3 aromatic rings. The SMILES string of the molecule is CC(Nc1nc(C2CC2)ns1)c1ccc(-n2cncn2)cc1. The largest absolute Gasteiger partial charge is 0.354 e. The first-order valence-electron chi connectivity index (χ1n) is 7.35. The van der Waals surface area contributed by atoms with E-state index in [1.165, 1.54) is 36.3 Å². The second-order valence-electron chi connectivity index (χ2n) is 5.53. The molecular weight excluding hydrogens is 296 g/mol. The monoisotopic (exact) mass is 312 g/mol. The van der Waals surface area contributed by atoms with Gasteiger partial charge in [-0.2, -0.15) is 9.47 Å². The number of hydrogen-bond acceptors (Lipinski definition) is 6. The molecule has 1 N–H and O–H groups in total. The lowest BCUT2D eigenvalue weighted by Gasteiger charge is -2.13. The second-order valence-corrected chi connectivity index (χ2v) is 6.28. The van der Waals surface area contributed by atoms with Crippen molar-refractivity contribution in [3.05, 3.63) is 48.3 Å². The summed E-state index contributed by atoms with van der Waals surface area (Å²) >= 11 is 1.45. The van der Waals surface area contributed by atoms with Gasteiger partial charge in [0.05, 0.1) is 11.7 Å². The van der Waals surface area contributed by atoms with Crippen LogP contribution in [0.15, 0.2) is 36.9 Å². The van der Waals surface area contributed by atoms with E-state index in [-0.39, 0.29) is 6.04 Å². The van der Waals surface area contributed by atoms with Crippen LogP contribution in [0.4, 0.5) is 5.13 Å². The number of hydrogen-bond donors (Lipinski definition) is 1. The minimum atomic E-state index is 0.185. The van der Waals surface area contributed by atoms with Crippen molar-refractivity contribution in [2.75, 3.05) is 5.32 Å². The molecule has 1 saturated carbocycles. The highest BCUT2D eigenvalue weighted by Crippen LogP contribution is 2.39. The molecule has 1 atom stereocenters. The van der Waals surface area contributed by atoms with Crippen molar-refractivity contribution in [3.63, 3.8) is 0 Å². The van der Waals surface area contributed by atoms with Crippen LogP contribution in [-0.4, -0.2) is 24.1 Å². The van der Waals surface area contributed by atoms with Crippen molar-refractivity contribution in [2.24, 2.45) is 0 Å². The van der Waals surface area contributed by atoms with Crippen molar-refractivity contribution in [3.8, 4) is 5.69 Å². The molecule has 1 fully saturated rings. The van der Waals surface area contributed by atoms with Crippen molar-refractivity contribution in [1.82, 2.24) is 24.1 Å². The predicted octanol–water partition coefficient (Wildman–Crippen LogP) is 3.17. The van der Waals surface area contributed by atoms with Gasteiger partial charge in [0, 0.05) is 17.5 Å². The minimum absolute atomic E-state index is 0.185. The van der Waals surface area contributed by atoms with Crippen LogP contribution in [0.25, 0.3) is 5.69 Å². The molecular formula is C15H16N6S. The van der Waals surface area contributed by atoms with Gasteiger partial charge in [-0.3, -0.25) is 0 Å². The lowest BCUT2D eigenvalue weighted by Crippen LogP contribution is -2.06. The van der Waals surface area contributed by atoms with E-state index >= 15 is 0 Å². The summed E-state index contributed by atoms with van der Waals surface area (Å²) in [6.45, 7) is 2.13.